The summed E-state index contributed by atoms with van der Waals surface area (Å²) in [6.45, 7) is 0. The maximum Gasteiger partial charge on any atom is 1.00 e. The molecule has 0 amide bonds. The van der Waals surface area contributed by atoms with Crippen LogP contribution in [0.3, 0.4) is 0 Å². The first-order valence-electron chi connectivity index (χ1n) is 0.683. The summed E-state index contributed by atoms with van der Waals surface area (Å²) in [4.78, 5) is 0. The van der Waals surface area contributed by atoms with Crippen molar-refractivity contribution in [2.24, 2.45) is 0 Å². The van der Waals surface area contributed by atoms with Crippen molar-refractivity contribution in [2.45, 2.75) is 0 Å². The van der Waals surface area contributed by atoms with Gasteiger partial charge in [-0.15, -0.1) is 0 Å². The molecule has 0 heterocycles. The maximum atomic E-state index is 8.63. The second-order valence-corrected chi connectivity index (χ2v) is 1.28. The molecule has 0 spiro atoms. The van der Waals surface area contributed by atoms with E-state index in [1.807, 2.05) is 0 Å². The van der Waals surface area contributed by atoms with Gasteiger partial charge in [-0.3, -0.25) is 4.55 Å². The van der Waals surface area contributed by atoms with Crippen LogP contribution in [0.25, 0.3) is 0 Å². The van der Waals surface area contributed by atoms with Crippen molar-refractivity contribution in [1.29, 1.82) is 0 Å². The topological polar surface area (TPSA) is 490 Å². The number of hydrogen-bond acceptors (Lipinski definition) is 4. The van der Waals surface area contributed by atoms with Crippen LogP contribution in [0.1, 0.15) is 0 Å². The van der Waals surface area contributed by atoms with Crippen LogP contribution in [-0.2, 0) is 10.4 Å². The van der Waals surface area contributed by atoms with Crippen LogP contribution in [0.5, 0.6) is 0 Å². The van der Waals surface area contributed by atoms with Gasteiger partial charge in [0.15, 0.2) is 0 Å². The van der Waals surface area contributed by atoms with E-state index < -0.39 is 10.4 Å². The summed E-state index contributed by atoms with van der Waals surface area (Å²) in [6, 6.07) is 0. The Morgan fingerprint density at radius 3 is 0.579 bits per heavy atom. The molecular formula is H28MgNO16S. The zero-order chi connectivity index (χ0) is 4.50. The normalized spacial score (nSPS) is 3.05. The molecule has 0 saturated carbocycles. The average molecular weight is 355 g/mol. The standard InChI is InChI=1S/Mg.H3N.H2O4S.12H2O/c;;1-5(2,3)4;;;;;;;;;;;;/h;1H3;(H2,1,2,3,4);12*1H2/q+1;;;;;;;;;;;;;;/p-1. The van der Waals surface area contributed by atoms with Gasteiger partial charge in [-0.2, -0.15) is 0 Å². The Kier molecular flexibility index (Phi) is 2770. The summed E-state index contributed by atoms with van der Waals surface area (Å²) in [6.07, 6.45) is 0. The van der Waals surface area contributed by atoms with Gasteiger partial charge in [-0.25, -0.2) is 8.42 Å². The Morgan fingerprint density at radius 1 is 0.579 bits per heavy atom. The van der Waals surface area contributed by atoms with Gasteiger partial charge >= 0.3 is 23.1 Å². The molecule has 0 rings (SSSR count). The van der Waals surface area contributed by atoms with Gasteiger partial charge in [0, 0.05) is 0 Å². The zero-order valence-electron chi connectivity index (χ0n) is 9.49. The molecule has 19 heavy (non-hydrogen) atoms. The van der Waals surface area contributed by atoms with Gasteiger partial charge in [0.05, 0.1) is 0 Å². The molecule has 0 aliphatic carbocycles. The first-order chi connectivity index (χ1) is 2.00. The molecule has 137 valence electrons. The van der Waals surface area contributed by atoms with Crippen molar-refractivity contribution in [2.75, 3.05) is 0 Å². The van der Waals surface area contributed by atoms with E-state index >= 15 is 0 Å². The zero-order valence-corrected chi connectivity index (χ0v) is 11.7. The minimum atomic E-state index is -4.92. The molecule has 1 radical (unpaired) electrons. The fourth-order valence-electron chi connectivity index (χ4n) is 0. The summed E-state index contributed by atoms with van der Waals surface area (Å²) >= 11 is 0. The average Bonchev–Trinajstić information content (AvgIpc) is 0.722. The Morgan fingerprint density at radius 2 is 0.579 bits per heavy atom. The molecule has 0 unspecified atom stereocenters. The first kappa shape index (κ1) is 370. The summed E-state index contributed by atoms with van der Waals surface area (Å²) in [5, 5.41) is 0. The van der Waals surface area contributed by atoms with Crippen molar-refractivity contribution >= 4 is 33.5 Å². The molecule has 0 saturated heterocycles. The third-order valence-electron chi connectivity index (χ3n) is 0. The van der Waals surface area contributed by atoms with Gasteiger partial charge in [-0.1, -0.05) is 0 Å². The SMILES string of the molecule is N.O.O.O.O.O.O.O.O.O.O.O.O.O=S(=O)([O-])O.[Mg+]. The summed E-state index contributed by atoms with van der Waals surface area (Å²) in [7, 11) is -4.92. The second kappa shape index (κ2) is 142. The molecule has 0 aliphatic rings. The van der Waals surface area contributed by atoms with Gasteiger partial charge in [0.25, 0.3) is 0 Å². The van der Waals surface area contributed by atoms with Crippen LogP contribution in [0.2, 0.25) is 0 Å². The van der Waals surface area contributed by atoms with Crippen molar-refractivity contribution in [3.63, 3.8) is 0 Å². The fraction of sp³-hybridized carbons (Fsp3) is 0. The van der Waals surface area contributed by atoms with Crippen LogP contribution in [-0.4, -0.2) is 106 Å². The molecule has 0 fully saturated rings. The smallest absolute Gasteiger partial charge is 0.726 e. The summed E-state index contributed by atoms with van der Waals surface area (Å²) in [5.74, 6) is 0. The van der Waals surface area contributed by atoms with E-state index in [1.54, 1.807) is 0 Å². The van der Waals surface area contributed by atoms with Gasteiger partial charge in [0.2, 0.25) is 10.4 Å². The van der Waals surface area contributed by atoms with Crippen LogP contribution >= 0.6 is 0 Å². The van der Waals surface area contributed by atoms with E-state index in [9.17, 15) is 0 Å². The molecule has 0 aliphatic heterocycles. The molecule has 0 bridgehead atoms. The van der Waals surface area contributed by atoms with Crippen molar-refractivity contribution in [1.82, 2.24) is 6.15 Å². The molecule has 0 aromatic heterocycles. The van der Waals surface area contributed by atoms with E-state index in [0.29, 0.717) is 0 Å². The first-order valence-corrected chi connectivity index (χ1v) is 2.05. The van der Waals surface area contributed by atoms with Crippen LogP contribution in [0.4, 0.5) is 0 Å². The number of rotatable bonds is 0. The maximum absolute atomic E-state index is 8.63. The molecule has 0 aromatic rings. The molecule has 28 N–H and O–H groups in total. The fourth-order valence-corrected chi connectivity index (χ4v) is 0. The Hall–Kier alpha value is 0.116. The minimum Gasteiger partial charge on any atom is -0.726 e. The third kappa shape index (κ3) is 348000. The van der Waals surface area contributed by atoms with Crippen LogP contribution < -0.4 is 6.15 Å². The van der Waals surface area contributed by atoms with Gasteiger partial charge in [0.1, 0.15) is 0 Å². The monoisotopic (exact) mass is 354 g/mol. The minimum absolute atomic E-state index is 0. The van der Waals surface area contributed by atoms with E-state index in [1.165, 1.54) is 0 Å². The van der Waals surface area contributed by atoms with E-state index in [0.717, 1.165) is 0 Å². The van der Waals surface area contributed by atoms with Crippen molar-refractivity contribution < 1.29 is 83.2 Å². The number of hydrogen-bond donors (Lipinski definition) is 2. The summed E-state index contributed by atoms with van der Waals surface area (Å²) in [5.41, 5.74) is 0. The molecule has 0 aromatic carbocycles. The Bertz CT molecular complexity index is 99.9. The van der Waals surface area contributed by atoms with Crippen LogP contribution in [0.15, 0.2) is 0 Å². The van der Waals surface area contributed by atoms with Crippen molar-refractivity contribution in [3.8, 4) is 0 Å². The predicted octanol–water partition coefficient (Wildman–Crippen LogP) is -11.1. The second-order valence-electron chi connectivity index (χ2n) is 0.428. The van der Waals surface area contributed by atoms with Crippen LogP contribution in [0, 0.1) is 0 Å². The predicted molar refractivity (Wildman–Crippen MR) is 66.5 cm³/mol. The largest absolute Gasteiger partial charge is 1.00 e. The Balaban J connectivity index is -0.000000000879. The van der Waals surface area contributed by atoms with Gasteiger partial charge < -0.3 is 76.4 Å². The van der Waals surface area contributed by atoms with E-state index in [4.69, 9.17) is 17.5 Å². The molecule has 0 atom stereocenters. The summed E-state index contributed by atoms with van der Waals surface area (Å²) < 4.78 is 32.8. The van der Waals surface area contributed by atoms with E-state index in [-0.39, 0.29) is 94.9 Å². The van der Waals surface area contributed by atoms with Gasteiger partial charge in [-0.05, 0) is 0 Å². The third-order valence-corrected chi connectivity index (χ3v) is 0. The Labute approximate surface area is 123 Å². The molecule has 17 nitrogen and oxygen atoms in total. The van der Waals surface area contributed by atoms with Crippen molar-refractivity contribution in [3.05, 3.63) is 0 Å². The van der Waals surface area contributed by atoms with E-state index in [2.05, 4.69) is 0 Å². The molecule has 19 heteroatoms. The molecular weight excluding hydrogens is 326 g/mol. The quantitative estimate of drug-likeness (QED) is 0.242.